The third-order valence-electron chi connectivity index (χ3n) is 5.09. The molecular formula is C18H23N5O. The van der Waals surface area contributed by atoms with Crippen molar-refractivity contribution in [3.05, 3.63) is 45.9 Å². The van der Waals surface area contributed by atoms with Crippen molar-refractivity contribution in [2.24, 2.45) is 7.05 Å². The third kappa shape index (κ3) is 2.46. The lowest BCUT2D eigenvalue weighted by molar-refractivity contribution is 0.474. The molecule has 0 atom stereocenters. The molecule has 126 valence electrons. The number of nitrogens with one attached hydrogen (secondary N) is 1. The molecule has 3 heterocycles. The Hall–Kier alpha value is -2.37. The van der Waals surface area contributed by atoms with E-state index < -0.39 is 0 Å². The highest BCUT2D eigenvalue weighted by Gasteiger charge is 2.24. The lowest BCUT2D eigenvalue weighted by atomic mass is 10.2. The molecule has 0 saturated heterocycles. The second-order valence-corrected chi connectivity index (χ2v) is 6.68. The lowest BCUT2D eigenvalue weighted by Crippen LogP contribution is -2.15. The predicted octanol–water partition coefficient (Wildman–Crippen LogP) is 2.73. The monoisotopic (exact) mass is 325 g/mol. The number of aryl methyl sites for hydroxylation is 2. The van der Waals surface area contributed by atoms with E-state index in [9.17, 15) is 4.79 Å². The van der Waals surface area contributed by atoms with Gasteiger partial charge in [0.25, 0.3) is 5.56 Å². The van der Waals surface area contributed by atoms with Crippen molar-refractivity contribution in [1.29, 1.82) is 0 Å². The Kier molecular flexibility index (Phi) is 3.75. The number of fused-ring (bicyclic) bond motifs is 1. The Labute approximate surface area is 140 Å². The number of hydrogen-bond donors (Lipinski definition) is 1. The molecule has 1 aliphatic carbocycles. The SMILES string of the molecule is CCc1nn(C2CCCC2)c2nc(Cc3cccn3C)[nH]c(=O)c12. The van der Waals surface area contributed by atoms with Gasteiger partial charge in [0.05, 0.1) is 11.7 Å². The lowest BCUT2D eigenvalue weighted by Gasteiger charge is -2.11. The minimum absolute atomic E-state index is 0.0645. The summed E-state index contributed by atoms with van der Waals surface area (Å²) >= 11 is 0. The van der Waals surface area contributed by atoms with E-state index in [0.717, 1.165) is 36.3 Å². The van der Waals surface area contributed by atoms with E-state index in [1.165, 1.54) is 12.8 Å². The summed E-state index contributed by atoms with van der Waals surface area (Å²) in [5.74, 6) is 0.705. The zero-order valence-corrected chi connectivity index (χ0v) is 14.2. The standard InChI is InChI=1S/C18H23N5O/c1-3-14-16-17(23(21-14)12-7-4-5-8-12)19-15(20-18(16)24)11-13-9-6-10-22(13)2/h6,9-10,12H,3-5,7-8,11H2,1-2H3,(H,19,20,24). The van der Waals surface area contributed by atoms with E-state index in [2.05, 4.69) is 15.6 Å². The summed E-state index contributed by atoms with van der Waals surface area (Å²) < 4.78 is 4.07. The van der Waals surface area contributed by atoms with Gasteiger partial charge < -0.3 is 9.55 Å². The third-order valence-corrected chi connectivity index (χ3v) is 5.09. The average Bonchev–Trinajstić information content (AvgIpc) is 3.28. The van der Waals surface area contributed by atoms with Gasteiger partial charge in [0, 0.05) is 25.4 Å². The van der Waals surface area contributed by atoms with Crippen molar-refractivity contribution < 1.29 is 0 Å². The minimum atomic E-state index is -0.0645. The van der Waals surface area contributed by atoms with Gasteiger partial charge in [0.2, 0.25) is 0 Å². The van der Waals surface area contributed by atoms with E-state index in [1.54, 1.807) is 0 Å². The fourth-order valence-electron chi connectivity index (χ4n) is 3.75. The Morgan fingerprint density at radius 2 is 2.12 bits per heavy atom. The maximum absolute atomic E-state index is 12.7. The van der Waals surface area contributed by atoms with Crippen LogP contribution in [0.1, 0.15) is 55.9 Å². The normalized spacial score (nSPS) is 15.6. The van der Waals surface area contributed by atoms with Crippen LogP contribution < -0.4 is 5.56 Å². The molecule has 6 nitrogen and oxygen atoms in total. The summed E-state index contributed by atoms with van der Waals surface area (Å²) in [4.78, 5) is 20.4. The molecule has 0 spiro atoms. The van der Waals surface area contributed by atoms with Gasteiger partial charge in [-0.05, 0) is 31.4 Å². The highest BCUT2D eigenvalue weighted by Crippen LogP contribution is 2.31. The molecule has 1 aliphatic rings. The van der Waals surface area contributed by atoms with Crippen LogP contribution in [0.2, 0.25) is 0 Å². The van der Waals surface area contributed by atoms with Gasteiger partial charge in [-0.3, -0.25) is 4.79 Å². The molecule has 1 fully saturated rings. The summed E-state index contributed by atoms with van der Waals surface area (Å²) in [6.07, 6.45) is 8.08. The number of nitrogens with zero attached hydrogens (tertiary/aromatic N) is 4. The van der Waals surface area contributed by atoms with E-state index in [4.69, 9.17) is 10.1 Å². The molecule has 0 unspecified atom stereocenters. The first kappa shape index (κ1) is 15.2. The van der Waals surface area contributed by atoms with Crippen LogP contribution in [0.25, 0.3) is 11.0 Å². The fraction of sp³-hybridized carbons (Fsp3) is 0.500. The number of H-pyrrole nitrogens is 1. The van der Waals surface area contributed by atoms with Crippen molar-refractivity contribution in [3.63, 3.8) is 0 Å². The Morgan fingerprint density at radius 1 is 1.33 bits per heavy atom. The summed E-state index contributed by atoms with van der Waals surface area (Å²) in [5, 5.41) is 5.40. The van der Waals surface area contributed by atoms with Crippen LogP contribution in [-0.2, 0) is 19.9 Å². The summed E-state index contributed by atoms with van der Waals surface area (Å²) in [7, 11) is 2.00. The Morgan fingerprint density at radius 3 is 2.79 bits per heavy atom. The van der Waals surface area contributed by atoms with Gasteiger partial charge >= 0.3 is 0 Å². The van der Waals surface area contributed by atoms with E-state index in [0.29, 0.717) is 23.7 Å². The highest BCUT2D eigenvalue weighted by atomic mass is 16.1. The first-order valence-electron chi connectivity index (χ1n) is 8.78. The summed E-state index contributed by atoms with van der Waals surface area (Å²) in [6.45, 7) is 2.04. The van der Waals surface area contributed by atoms with Crippen molar-refractivity contribution in [3.8, 4) is 0 Å². The Bertz CT molecular complexity index is 927. The molecule has 4 rings (SSSR count). The molecule has 0 bridgehead atoms. The van der Waals surface area contributed by atoms with Crippen LogP contribution in [0, 0.1) is 0 Å². The van der Waals surface area contributed by atoms with E-state index in [-0.39, 0.29) is 5.56 Å². The molecule has 3 aromatic heterocycles. The number of aromatic nitrogens is 5. The van der Waals surface area contributed by atoms with Gasteiger partial charge in [0.15, 0.2) is 5.65 Å². The zero-order chi connectivity index (χ0) is 16.7. The molecule has 0 aliphatic heterocycles. The van der Waals surface area contributed by atoms with Gasteiger partial charge in [-0.2, -0.15) is 5.10 Å². The van der Waals surface area contributed by atoms with Crippen LogP contribution in [0.15, 0.2) is 23.1 Å². The zero-order valence-electron chi connectivity index (χ0n) is 14.2. The van der Waals surface area contributed by atoms with Crippen molar-refractivity contribution >= 4 is 11.0 Å². The van der Waals surface area contributed by atoms with E-state index in [1.807, 2.05) is 30.9 Å². The molecule has 3 aromatic rings. The van der Waals surface area contributed by atoms with Gasteiger partial charge in [-0.25, -0.2) is 9.67 Å². The van der Waals surface area contributed by atoms with E-state index >= 15 is 0 Å². The van der Waals surface area contributed by atoms with Crippen molar-refractivity contribution in [2.75, 3.05) is 0 Å². The van der Waals surface area contributed by atoms with Crippen LogP contribution in [0.5, 0.6) is 0 Å². The van der Waals surface area contributed by atoms with Crippen LogP contribution in [0.4, 0.5) is 0 Å². The highest BCUT2D eigenvalue weighted by molar-refractivity contribution is 5.77. The molecule has 0 aromatic carbocycles. The molecule has 1 N–H and O–H groups in total. The molecule has 0 amide bonds. The van der Waals surface area contributed by atoms with Crippen molar-refractivity contribution in [1.82, 2.24) is 24.3 Å². The largest absolute Gasteiger partial charge is 0.354 e. The quantitative estimate of drug-likeness (QED) is 0.802. The topological polar surface area (TPSA) is 68.5 Å². The number of aromatic amines is 1. The summed E-state index contributed by atoms with van der Waals surface area (Å²) in [6, 6.07) is 4.44. The van der Waals surface area contributed by atoms with Gasteiger partial charge in [-0.1, -0.05) is 19.8 Å². The number of rotatable bonds is 4. The second-order valence-electron chi connectivity index (χ2n) is 6.68. The maximum atomic E-state index is 12.7. The minimum Gasteiger partial charge on any atom is -0.354 e. The molecule has 1 saturated carbocycles. The number of hydrogen-bond acceptors (Lipinski definition) is 3. The predicted molar refractivity (Wildman–Crippen MR) is 93.3 cm³/mol. The molecule has 24 heavy (non-hydrogen) atoms. The molecule has 0 radical (unpaired) electrons. The fourth-order valence-corrected chi connectivity index (χ4v) is 3.75. The van der Waals surface area contributed by atoms with Gasteiger partial charge in [-0.15, -0.1) is 0 Å². The molecule has 6 heteroatoms. The average molecular weight is 325 g/mol. The van der Waals surface area contributed by atoms with Crippen LogP contribution >= 0.6 is 0 Å². The van der Waals surface area contributed by atoms with Gasteiger partial charge in [0.1, 0.15) is 11.2 Å². The molecular weight excluding hydrogens is 302 g/mol. The van der Waals surface area contributed by atoms with Crippen LogP contribution in [-0.4, -0.2) is 24.3 Å². The van der Waals surface area contributed by atoms with Crippen molar-refractivity contribution in [2.45, 2.75) is 51.5 Å². The van der Waals surface area contributed by atoms with Crippen LogP contribution in [0.3, 0.4) is 0 Å². The summed E-state index contributed by atoms with van der Waals surface area (Å²) in [5.41, 5.74) is 2.67. The first-order chi connectivity index (χ1) is 11.7. The smallest absolute Gasteiger partial charge is 0.262 e. The Balaban J connectivity index is 1.84. The maximum Gasteiger partial charge on any atom is 0.262 e. The first-order valence-corrected chi connectivity index (χ1v) is 8.78. The second kappa shape index (κ2) is 5.92.